The molecule has 1 aromatic heterocycles. The Morgan fingerprint density at radius 3 is 2.85 bits per heavy atom. The molecular weight excluding hydrogens is 435 g/mol. The van der Waals surface area contributed by atoms with E-state index in [0.29, 0.717) is 11.1 Å². The molecule has 3 N–H and O–H groups in total. The lowest BCUT2D eigenvalue weighted by atomic mass is 9.99. The molecule has 0 saturated heterocycles. The number of benzene rings is 2. The first-order chi connectivity index (χ1) is 9.54. The maximum absolute atomic E-state index is 11.2. The third-order valence-corrected chi connectivity index (χ3v) is 4.49. The number of fused-ring (bicyclic) bond motifs is 1. The average molecular weight is 445 g/mol. The summed E-state index contributed by atoms with van der Waals surface area (Å²) in [5, 5.41) is 0. The molecule has 2 aromatic carbocycles. The van der Waals surface area contributed by atoms with E-state index in [1.54, 1.807) is 12.1 Å². The van der Waals surface area contributed by atoms with Crippen LogP contribution in [0, 0.1) is 3.57 Å². The molecule has 3 aromatic rings. The molecule has 1 unspecified atom stereocenters. The lowest BCUT2D eigenvalue weighted by Crippen LogP contribution is -2.12. The lowest BCUT2D eigenvalue weighted by Gasteiger charge is -2.14. The van der Waals surface area contributed by atoms with Crippen LogP contribution in [0.4, 0.5) is 0 Å². The van der Waals surface area contributed by atoms with Crippen LogP contribution in [0.2, 0.25) is 0 Å². The highest BCUT2D eigenvalue weighted by Crippen LogP contribution is 2.29. The predicted octanol–water partition coefficient (Wildman–Crippen LogP) is 3.54. The summed E-state index contributed by atoms with van der Waals surface area (Å²) in [6, 6.07) is 11.2. The lowest BCUT2D eigenvalue weighted by molar-refractivity contribution is 0.555. The van der Waals surface area contributed by atoms with Crippen LogP contribution in [0.25, 0.3) is 11.1 Å². The third-order valence-electron chi connectivity index (χ3n) is 3.10. The van der Waals surface area contributed by atoms with Gasteiger partial charge in [-0.1, -0.05) is 22.0 Å². The number of nitrogens with two attached hydrogens (primary N) is 1. The van der Waals surface area contributed by atoms with Gasteiger partial charge in [0, 0.05) is 8.04 Å². The van der Waals surface area contributed by atoms with Gasteiger partial charge < -0.3 is 10.2 Å². The van der Waals surface area contributed by atoms with E-state index in [0.717, 1.165) is 19.2 Å². The first-order valence-corrected chi connectivity index (χ1v) is 7.75. The molecular formula is C14H10BrIN2O2. The molecule has 102 valence electrons. The minimum absolute atomic E-state index is 0.288. The molecule has 0 aliphatic heterocycles. The van der Waals surface area contributed by atoms with Crippen LogP contribution < -0.4 is 11.5 Å². The molecule has 0 radical (unpaired) electrons. The van der Waals surface area contributed by atoms with Crippen molar-refractivity contribution in [1.29, 1.82) is 0 Å². The number of aromatic amines is 1. The van der Waals surface area contributed by atoms with Gasteiger partial charge in [0.2, 0.25) is 0 Å². The number of hydrogen-bond donors (Lipinski definition) is 2. The molecule has 1 heterocycles. The van der Waals surface area contributed by atoms with Crippen LogP contribution >= 0.6 is 38.5 Å². The number of oxazole rings is 1. The van der Waals surface area contributed by atoms with Crippen molar-refractivity contribution in [3.8, 4) is 0 Å². The molecule has 0 fully saturated rings. The zero-order valence-corrected chi connectivity index (χ0v) is 13.9. The number of nitrogens with one attached hydrogen (secondary N) is 1. The zero-order chi connectivity index (χ0) is 14.3. The van der Waals surface area contributed by atoms with E-state index in [-0.39, 0.29) is 6.04 Å². The standard InChI is InChI=1S/C14H10BrIN2O2/c15-10-3-2-8(16)6-9(10)13(17)7-1-4-11-12(5-7)20-14(19)18-11/h1-6,13H,17H2,(H,18,19). The molecule has 0 amide bonds. The summed E-state index contributed by atoms with van der Waals surface area (Å²) in [7, 11) is 0. The molecule has 0 aliphatic carbocycles. The van der Waals surface area contributed by atoms with E-state index >= 15 is 0 Å². The largest absolute Gasteiger partial charge is 0.417 e. The summed E-state index contributed by atoms with van der Waals surface area (Å²) in [6.45, 7) is 0. The Labute approximate surface area is 136 Å². The molecule has 0 saturated carbocycles. The van der Waals surface area contributed by atoms with Crippen molar-refractivity contribution in [2.45, 2.75) is 6.04 Å². The molecule has 6 heteroatoms. The van der Waals surface area contributed by atoms with Crippen LogP contribution in [-0.2, 0) is 0 Å². The molecule has 1 atom stereocenters. The van der Waals surface area contributed by atoms with E-state index in [4.69, 9.17) is 10.2 Å². The maximum atomic E-state index is 11.2. The van der Waals surface area contributed by atoms with Gasteiger partial charge >= 0.3 is 5.76 Å². The summed E-state index contributed by atoms with van der Waals surface area (Å²) in [5.74, 6) is -0.457. The second kappa shape index (κ2) is 5.34. The molecule has 4 nitrogen and oxygen atoms in total. The van der Waals surface area contributed by atoms with Gasteiger partial charge in [0.05, 0.1) is 11.6 Å². The zero-order valence-electron chi connectivity index (χ0n) is 10.2. The number of H-pyrrole nitrogens is 1. The second-order valence-corrected chi connectivity index (χ2v) is 6.51. The minimum atomic E-state index is -0.457. The highest BCUT2D eigenvalue weighted by atomic mass is 127. The van der Waals surface area contributed by atoms with E-state index in [1.165, 1.54) is 0 Å². The van der Waals surface area contributed by atoms with Gasteiger partial charge in [-0.2, -0.15) is 0 Å². The van der Waals surface area contributed by atoms with E-state index in [1.807, 2.05) is 24.3 Å². The summed E-state index contributed by atoms with van der Waals surface area (Å²) in [6.07, 6.45) is 0. The summed E-state index contributed by atoms with van der Waals surface area (Å²) >= 11 is 5.77. The third kappa shape index (κ3) is 2.55. The Balaban J connectivity index is 2.09. The van der Waals surface area contributed by atoms with Gasteiger partial charge in [-0.3, -0.25) is 4.98 Å². The fourth-order valence-corrected chi connectivity index (χ4v) is 3.10. The fraction of sp³-hybridized carbons (Fsp3) is 0.0714. The minimum Gasteiger partial charge on any atom is -0.408 e. The fourth-order valence-electron chi connectivity index (χ4n) is 2.09. The van der Waals surface area contributed by atoms with Gasteiger partial charge in [0.15, 0.2) is 5.58 Å². The summed E-state index contributed by atoms with van der Waals surface area (Å²) in [4.78, 5) is 13.8. The van der Waals surface area contributed by atoms with Gasteiger partial charge in [0.25, 0.3) is 0 Å². The van der Waals surface area contributed by atoms with Crippen LogP contribution in [0.15, 0.2) is 50.1 Å². The van der Waals surface area contributed by atoms with E-state index in [9.17, 15) is 4.79 Å². The maximum Gasteiger partial charge on any atom is 0.417 e. The van der Waals surface area contributed by atoms with Crippen LogP contribution in [-0.4, -0.2) is 4.98 Å². The molecule has 0 spiro atoms. The van der Waals surface area contributed by atoms with Crippen LogP contribution in [0.5, 0.6) is 0 Å². The normalized spacial score (nSPS) is 12.8. The van der Waals surface area contributed by atoms with E-state index < -0.39 is 5.76 Å². The monoisotopic (exact) mass is 444 g/mol. The van der Waals surface area contributed by atoms with Crippen molar-refractivity contribution in [3.63, 3.8) is 0 Å². The Morgan fingerprint density at radius 2 is 2.05 bits per heavy atom. The van der Waals surface area contributed by atoms with Crippen molar-refractivity contribution >= 4 is 49.6 Å². The predicted molar refractivity (Wildman–Crippen MR) is 89.7 cm³/mol. The number of rotatable bonds is 2. The van der Waals surface area contributed by atoms with Crippen LogP contribution in [0.1, 0.15) is 17.2 Å². The number of halogens is 2. The van der Waals surface area contributed by atoms with Gasteiger partial charge in [-0.05, 0) is 64.0 Å². The van der Waals surface area contributed by atoms with Gasteiger partial charge in [-0.25, -0.2) is 4.79 Å². The highest BCUT2D eigenvalue weighted by molar-refractivity contribution is 14.1. The number of aromatic nitrogens is 1. The van der Waals surface area contributed by atoms with Crippen LogP contribution in [0.3, 0.4) is 0 Å². The SMILES string of the molecule is NC(c1ccc2[nH]c(=O)oc2c1)c1cc(I)ccc1Br. The summed E-state index contributed by atoms with van der Waals surface area (Å²) in [5.41, 5.74) is 9.40. The van der Waals surface area contributed by atoms with Crippen molar-refractivity contribution in [2.24, 2.45) is 5.73 Å². The summed E-state index contributed by atoms with van der Waals surface area (Å²) < 4.78 is 7.14. The van der Waals surface area contributed by atoms with Crippen molar-refractivity contribution < 1.29 is 4.42 Å². The molecule has 20 heavy (non-hydrogen) atoms. The van der Waals surface area contributed by atoms with E-state index in [2.05, 4.69) is 43.5 Å². The second-order valence-electron chi connectivity index (χ2n) is 4.41. The smallest absolute Gasteiger partial charge is 0.408 e. The Morgan fingerprint density at radius 1 is 1.25 bits per heavy atom. The Hall–Kier alpha value is -1.12. The first kappa shape index (κ1) is 13.8. The average Bonchev–Trinajstić information content (AvgIpc) is 2.79. The van der Waals surface area contributed by atoms with Crippen molar-refractivity contribution in [3.05, 3.63) is 66.1 Å². The van der Waals surface area contributed by atoms with Crippen molar-refractivity contribution in [1.82, 2.24) is 4.98 Å². The molecule has 0 bridgehead atoms. The topological polar surface area (TPSA) is 72.0 Å². The molecule has 0 aliphatic rings. The number of hydrogen-bond acceptors (Lipinski definition) is 3. The first-order valence-electron chi connectivity index (χ1n) is 5.88. The van der Waals surface area contributed by atoms with Crippen molar-refractivity contribution in [2.75, 3.05) is 0 Å². The highest BCUT2D eigenvalue weighted by Gasteiger charge is 2.14. The Bertz CT molecular complexity index is 841. The van der Waals surface area contributed by atoms with Gasteiger partial charge in [-0.15, -0.1) is 0 Å². The molecule has 3 rings (SSSR count). The quantitative estimate of drug-likeness (QED) is 0.594. The Kier molecular flexibility index (Phi) is 3.70. The van der Waals surface area contributed by atoms with Gasteiger partial charge in [0.1, 0.15) is 0 Å².